The van der Waals surface area contributed by atoms with E-state index in [1.165, 1.54) is 11.6 Å². The van der Waals surface area contributed by atoms with Crippen molar-refractivity contribution in [2.75, 3.05) is 14.2 Å². The van der Waals surface area contributed by atoms with Crippen LogP contribution in [0.5, 0.6) is 11.5 Å². The largest absolute Gasteiger partial charge is 0.496 e. The Bertz CT molecular complexity index is 1080. The number of fused-ring (bicyclic) bond motifs is 1. The zero-order valence-corrected chi connectivity index (χ0v) is 15.8. The lowest BCUT2D eigenvalue weighted by Gasteiger charge is -2.13. The van der Waals surface area contributed by atoms with Crippen LogP contribution in [-0.4, -0.2) is 32.9 Å². The van der Waals surface area contributed by atoms with E-state index in [1.54, 1.807) is 38.2 Å². The van der Waals surface area contributed by atoms with Gasteiger partial charge in [-0.3, -0.25) is 13.9 Å². The summed E-state index contributed by atoms with van der Waals surface area (Å²) in [4.78, 5) is 28.8. The molecule has 1 aromatic carbocycles. The lowest BCUT2D eigenvalue weighted by Crippen LogP contribution is -2.37. The molecule has 0 amide bonds. The van der Waals surface area contributed by atoms with Gasteiger partial charge in [0.1, 0.15) is 11.5 Å². The van der Waals surface area contributed by atoms with Crippen molar-refractivity contribution < 1.29 is 9.47 Å². The molecule has 0 saturated carbocycles. The Morgan fingerprint density at radius 1 is 1.08 bits per heavy atom. The van der Waals surface area contributed by atoms with E-state index >= 15 is 0 Å². The van der Waals surface area contributed by atoms with Gasteiger partial charge in [-0.2, -0.15) is 0 Å². The van der Waals surface area contributed by atoms with Crippen LogP contribution in [0.2, 0.25) is 0 Å². The second-order valence-electron chi connectivity index (χ2n) is 5.55. The summed E-state index contributed by atoms with van der Waals surface area (Å²) in [6, 6.07) is 3.64. The van der Waals surface area contributed by atoms with E-state index in [4.69, 9.17) is 9.47 Å². The van der Waals surface area contributed by atoms with Gasteiger partial charge in [0.25, 0.3) is 5.56 Å². The lowest BCUT2D eigenvalue weighted by atomic mass is 10.2. The van der Waals surface area contributed by atoms with Crippen molar-refractivity contribution in [1.29, 1.82) is 0 Å². The normalized spacial score (nSPS) is 11.1. The van der Waals surface area contributed by atoms with E-state index in [0.29, 0.717) is 29.2 Å². The Morgan fingerprint density at radius 3 is 2.40 bits per heavy atom. The SMILES string of the molecule is COc1cc(Cn2cnc3c2c(=O)n(C)c(=O)n3C)c(OC)cc1Br. The molecule has 0 aliphatic heterocycles. The molecule has 2 heterocycles. The summed E-state index contributed by atoms with van der Waals surface area (Å²) in [6.07, 6.45) is 1.54. The molecule has 3 rings (SSSR count). The Morgan fingerprint density at radius 2 is 1.76 bits per heavy atom. The topological polar surface area (TPSA) is 80.3 Å². The molecule has 2 aromatic heterocycles. The number of rotatable bonds is 4. The number of aromatic nitrogens is 4. The maximum absolute atomic E-state index is 12.5. The molecule has 0 bridgehead atoms. The number of aryl methyl sites for hydroxylation is 1. The van der Waals surface area contributed by atoms with Crippen molar-refractivity contribution in [3.05, 3.63) is 49.3 Å². The van der Waals surface area contributed by atoms with Gasteiger partial charge in [-0.15, -0.1) is 0 Å². The Balaban J connectivity index is 2.20. The minimum absolute atomic E-state index is 0.344. The summed E-state index contributed by atoms with van der Waals surface area (Å²) in [5.74, 6) is 1.30. The third kappa shape index (κ3) is 2.74. The first-order valence-corrected chi connectivity index (χ1v) is 8.19. The first kappa shape index (κ1) is 17.3. The molecule has 0 N–H and O–H groups in total. The van der Waals surface area contributed by atoms with Gasteiger partial charge in [0.05, 0.1) is 31.6 Å². The monoisotopic (exact) mass is 408 g/mol. The van der Waals surface area contributed by atoms with Gasteiger partial charge in [0.2, 0.25) is 0 Å². The molecule has 0 atom stereocenters. The third-order valence-electron chi connectivity index (χ3n) is 4.11. The summed E-state index contributed by atoms with van der Waals surface area (Å²) >= 11 is 3.42. The van der Waals surface area contributed by atoms with E-state index in [-0.39, 0.29) is 0 Å². The predicted molar refractivity (Wildman–Crippen MR) is 96.6 cm³/mol. The van der Waals surface area contributed by atoms with Crippen molar-refractivity contribution in [3.63, 3.8) is 0 Å². The van der Waals surface area contributed by atoms with Gasteiger partial charge in [0.15, 0.2) is 11.2 Å². The van der Waals surface area contributed by atoms with E-state index in [9.17, 15) is 9.59 Å². The summed E-state index contributed by atoms with van der Waals surface area (Å²) in [6.45, 7) is 0.344. The van der Waals surface area contributed by atoms with Crippen molar-refractivity contribution in [3.8, 4) is 11.5 Å². The highest BCUT2D eigenvalue weighted by atomic mass is 79.9. The minimum Gasteiger partial charge on any atom is -0.496 e. The molecule has 25 heavy (non-hydrogen) atoms. The average molecular weight is 409 g/mol. The van der Waals surface area contributed by atoms with Crippen LogP contribution in [0.15, 0.2) is 32.5 Å². The van der Waals surface area contributed by atoms with Gasteiger partial charge in [0, 0.05) is 19.7 Å². The summed E-state index contributed by atoms with van der Waals surface area (Å²) in [5.41, 5.74) is 0.715. The highest BCUT2D eigenvalue weighted by molar-refractivity contribution is 9.10. The number of imidazole rings is 1. The van der Waals surface area contributed by atoms with E-state index in [0.717, 1.165) is 14.6 Å². The molecule has 0 fully saturated rings. The number of hydrogen-bond acceptors (Lipinski definition) is 5. The highest BCUT2D eigenvalue weighted by Crippen LogP contribution is 2.33. The smallest absolute Gasteiger partial charge is 0.332 e. The van der Waals surface area contributed by atoms with E-state index < -0.39 is 11.2 Å². The van der Waals surface area contributed by atoms with Gasteiger partial charge in [-0.25, -0.2) is 9.78 Å². The quantitative estimate of drug-likeness (QED) is 0.649. The maximum atomic E-state index is 12.5. The van der Waals surface area contributed by atoms with Crippen LogP contribution in [0.4, 0.5) is 0 Å². The fourth-order valence-electron chi connectivity index (χ4n) is 2.75. The zero-order valence-electron chi connectivity index (χ0n) is 14.2. The first-order chi connectivity index (χ1) is 11.9. The van der Waals surface area contributed by atoms with Crippen LogP contribution in [0, 0.1) is 0 Å². The van der Waals surface area contributed by atoms with Crippen LogP contribution in [0.3, 0.4) is 0 Å². The Hall–Kier alpha value is -2.55. The molecule has 0 saturated heterocycles. The van der Waals surface area contributed by atoms with Gasteiger partial charge in [-0.1, -0.05) is 0 Å². The number of ether oxygens (including phenoxy) is 2. The summed E-state index contributed by atoms with van der Waals surface area (Å²) in [7, 11) is 6.19. The van der Waals surface area contributed by atoms with E-state index in [1.807, 2.05) is 6.07 Å². The van der Waals surface area contributed by atoms with Crippen LogP contribution in [0.1, 0.15) is 5.56 Å². The number of nitrogens with zero attached hydrogens (tertiary/aromatic N) is 4. The first-order valence-electron chi connectivity index (χ1n) is 7.40. The second kappa shape index (κ2) is 6.40. The van der Waals surface area contributed by atoms with Crippen molar-refractivity contribution in [1.82, 2.24) is 18.7 Å². The minimum atomic E-state index is -0.411. The Kier molecular flexibility index (Phi) is 4.42. The van der Waals surface area contributed by atoms with E-state index in [2.05, 4.69) is 20.9 Å². The fourth-order valence-corrected chi connectivity index (χ4v) is 3.23. The Labute approximate surface area is 151 Å². The molecule has 8 nitrogen and oxygen atoms in total. The van der Waals surface area contributed by atoms with Crippen LogP contribution in [-0.2, 0) is 20.6 Å². The lowest BCUT2D eigenvalue weighted by molar-refractivity contribution is 0.396. The molecular weight excluding hydrogens is 392 g/mol. The summed E-state index contributed by atoms with van der Waals surface area (Å²) < 4.78 is 15.6. The van der Waals surface area contributed by atoms with Gasteiger partial charge >= 0.3 is 5.69 Å². The summed E-state index contributed by atoms with van der Waals surface area (Å²) in [5, 5.41) is 0. The number of methoxy groups -OCH3 is 2. The van der Waals surface area contributed by atoms with Crippen LogP contribution in [0.25, 0.3) is 11.2 Å². The molecule has 9 heteroatoms. The molecule has 0 unspecified atom stereocenters. The standard InChI is InChI=1S/C16H17BrN4O4/c1-19-14-13(15(22)20(2)16(19)23)21(8-18-14)7-9-5-12(25-4)10(17)6-11(9)24-3/h5-6,8H,7H2,1-4H3. The molecule has 3 aromatic rings. The molecule has 132 valence electrons. The van der Waals surface area contributed by atoms with Gasteiger partial charge in [-0.05, 0) is 28.1 Å². The van der Waals surface area contributed by atoms with Crippen molar-refractivity contribution in [2.45, 2.75) is 6.54 Å². The molecule has 0 radical (unpaired) electrons. The highest BCUT2D eigenvalue weighted by Gasteiger charge is 2.16. The number of hydrogen-bond donors (Lipinski definition) is 0. The van der Waals surface area contributed by atoms with Crippen LogP contribution >= 0.6 is 15.9 Å². The van der Waals surface area contributed by atoms with Crippen molar-refractivity contribution in [2.24, 2.45) is 14.1 Å². The van der Waals surface area contributed by atoms with Crippen molar-refractivity contribution >= 4 is 27.1 Å². The average Bonchev–Trinajstić information content (AvgIpc) is 3.02. The zero-order chi connectivity index (χ0) is 18.3. The maximum Gasteiger partial charge on any atom is 0.332 e. The fraction of sp³-hybridized carbons (Fsp3) is 0.312. The van der Waals surface area contributed by atoms with Gasteiger partial charge < -0.3 is 14.0 Å². The molecule has 0 aliphatic carbocycles. The third-order valence-corrected chi connectivity index (χ3v) is 4.73. The molecule has 0 spiro atoms. The number of halogens is 1. The molecule has 0 aliphatic rings. The second-order valence-corrected chi connectivity index (χ2v) is 6.40. The number of benzene rings is 1. The molecular formula is C16H17BrN4O4. The van der Waals surface area contributed by atoms with Crippen LogP contribution < -0.4 is 20.7 Å². The predicted octanol–water partition coefficient (Wildman–Crippen LogP) is 1.26.